The van der Waals surface area contributed by atoms with Gasteiger partial charge in [0.15, 0.2) is 5.69 Å². The van der Waals surface area contributed by atoms with Crippen molar-refractivity contribution in [3.63, 3.8) is 0 Å². The second kappa shape index (κ2) is 5.83. The molecule has 0 fully saturated rings. The van der Waals surface area contributed by atoms with Crippen molar-refractivity contribution in [1.29, 1.82) is 0 Å². The lowest BCUT2D eigenvalue weighted by Crippen LogP contribution is -1.93. The predicted molar refractivity (Wildman–Crippen MR) is 94.4 cm³/mol. The van der Waals surface area contributed by atoms with Crippen molar-refractivity contribution in [2.45, 2.75) is 20.4 Å². The zero-order valence-corrected chi connectivity index (χ0v) is 14.8. The Balaban J connectivity index is 1.74. The van der Waals surface area contributed by atoms with Crippen LogP contribution in [0.25, 0.3) is 34.1 Å². The third-order valence-electron chi connectivity index (χ3n) is 3.73. The largest absolute Gasteiger partial charge is 0.413 e. The SMILES string of the molecule is CCn1cc(Br)c(-c2nnc(-c3ccc4cc(C)ccc4n3)o2)n1. The standard InChI is InChI=1S/C17H14BrN5O/c1-3-23-9-12(18)15(22-23)17-21-20-16(24-17)14-7-5-11-8-10(2)4-6-13(11)19-14/h4-9H,3H2,1-2H3. The Hall–Kier alpha value is -2.54. The topological polar surface area (TPSA) is 69.6 Å². The molecule has 0 aliphatic rings. The summed E-state index contributed by atoms with van der Waals surface area (Å²) in [5, 5.41) is 13.7. The highest BCUT2D eigenvalue weighted by molar-refractivity contribution is 9.10. The number of benzene rings is 1. The van der Waals surface area contributed by atoms with Crippen LogP contribution in [0, 0.1) is 6.92 Å². The maximum atomic E-state index is 5.78. The molecule has 24 heavy (non-hydrogen) atoms. The number of halogens is 1. The molecular formula is C17H14BrN5O. The van der Waals surface area contributed by atoms with Gasteiger partial charge in [0.25, 0.3) is 11.8 Å². The fourth-order valence-corrected chi connectivity index (χ4v) is 2.98. The molecule has 6 nitrogen and oxygen atoms in total. The normalized spacial score (nSPS) is 11.3. The average Bonchev–Trinajstić information content (AvgIpc) is 3.20. The van der Waals surface area contributed by atoms with Gasteiger partial charge >= 0.3 is 0 Å². The third kappa shape index (κ3) is 2.60. The first kappa shape index (κ1) is 15.0. The lowest BCUT2D eigenvalue weighted by atomic mass is 10.1. The number of hydrogen-bond donors (Lipinski definition) is 0. The highest BCUT2D eigenvalue weighted by atomic mass is 79.9. The second-order valence-electron chi connectivity index (χ2n) is 5.49. The summed E-state index contributed by atoms with van der Waals surface area (Å²) in [7, 11) is 0. The van der Waals surface area contributed by atoms with E-state index in [-0.39, 0.29) is 0 Å². The van der Waals surface area contributed by atoms with Crippen molar-refractivity contribution in [3.8, 4) is 23.2 Å². The molecule has 0 N–H and O–H groups in total. The Bertz CT molecular complexity index is 1040. The summed E-state index contributed by atoms with van der Waals surface area (Å²) in [6, 6.07) is 10.0. The predicted octanol–water partition coefficient (Wildman–Crippen LogP) is 4.24. The number of nitrogens with zero attached hydrogens (tertiary/aromatic N) is 5. The molecule has 0 saturated heterocycles. The van der Waals surface area contributed by atoms with Gasteiger partial charge < -0.3 is 4.42 Å². The molecule has 0 radical (unpaired) electrons. The van der Waals surface area contributed by atoms with E-state index in [9.17, 15) is 0 Å². The molecule has 0 saturated carbocycles. The van der Waals surface area contributed by atoms with Gasteiger partial charge in [0.05, 0.1) is 9.99 Å². The smallest absolute Gasteiger partial charge is 0.269 e. The molecule has 0 bridgehead atoms. The van der Waals surface area contributed by atoms with Gasteiger partial charge in [-0.15, -0.1) is 10.2 Å². The lowest BCUT2D eigenvalue weighted by molar-refractivity contribution is 0.575. The minimum absolute atomic E-state index is 0.370. The molecule has 0 aliphatic heterocycles. The van der Waals surface area contributed by atoms with Crippen LogP contribution in [0.15, 0.2) is 45.4 Å². The molecule has 7 heteroatoms. The molecule has 3 aromatic heterocycles. The molecule has 1 aromatic carbocycles. The first-order valence-corrected chi connectivity index (χ1v) is 8.38. The number of aromatic nitrogens is 5. The number of pyridine rings is 1. The van der Waals surface area contributed by atoms with Crippen LogP contribution in [-0.2, 0) is 6.54 Å². The lowest BCUT2D eigenvalue weighted by Gasteiger charge is -2.00. The Morgan fingerprint density at radius 2 is 1.96 bits per heavy atom. The van der Waals surface area contributed by atoms with Gasteiger partial charge in [0.1, 0.15) is 5.69 Å². The monoisotopic (exact) mass is 383 g/mol. The van der Waals surface area contributed by atoms with Crippen LogP contribution in [0.4, 0.5) is 0 Å². The maximum absolute atomic E-state index is 5.78. The van der Waals surface area contributed by atoms with E-state index >= 15 is 0 Å². The minimum Gasteiger partial charge on any atom is -0.413 e. The highest BCUT2D eigenvalue weighted by Crippen LogP contribution is 2.28. The van der Waals surface area contributed by atoms with Gasteiger partial charge in [0, 0.05) is 18.1 Å². The van der Waals surface area contributed by atoms with Crippen LogP contribution in [0.1, 0.15) is 12.5 Å². The summed E-state index contributed by atoms with van der Waals surface area (Å²) in [5.41, 5.74) is 3.38. The van der Waals surface area contributed by atoms with E-state index in [1.165, 1.54) is 5.56 Å². The van der Waals surface area contributed by atoms with Crippen molar-refractivity contribution >= 4 is 26.8 Å². The van der Waals surface area contributed by atoms with Crippen molar-refractivity contribution < 1.29 is 4.42 Å². The van der Waals surface area contributed by atoms with E-state index in [0.717, 1.165) is 21.9 Å². The summed E-state index contributed by atoms with van der Waals surface area (Å²) in [6.45, 7) is 4.85. The second-order valence-corrected chi connectivity index (χ2v) is 6.34. The molecule has 4 aromatic rings. The fourth-order valence-electron chi connectivity index (χ4n) is 2.49. The average molecular weight is 384 g/mol. The van der Waals surface area contributed by atoms with E-state index < -0.39 is 0 Å². The zero-order chi connectivity index (χ0) is 16.7. The van der Waals surface area contributed by atoms with Gasteiger partial charge in [-0.2, -0.15) is 5.10 Å². The van der Waals surface area contributed by atoms with Gasteiger partial charge in [0.2, 0.25) is 0 Å². The van der Waals surface area contributed by atoms with E-state index in [1.807, 2.05) is 37.4 Å². The van der Waals surface area contributed by atoms with E-state index in [0.29, 0.717) is 23.2 Å². The Kier molecular flexibility index (Phi) is 3.65. The fraction of sp³-hybridized carbons (Fsp3) is 0.176. The highest BCUT2D eigenvalue weighted by Gasteiger charge is 2.17. The Labute approximate surface area is 146 Å². The Morgan fingerprint density at radius 1 is 1.12 bits per heavy atom. The summed E-state index contributed by atoms with van der Waals surface area (Å²) in [6.07, 6.45) is 1.88. The quantitative estimate of drug-likeness (QED) is 0.529. The van der Waals surface area contributed by atoms with Crippen molar-refractivity contribution in [1.82, 2.24) is 25.0 Å². The Morgan fingerprint density at radius 3 is 2.75 bits per heavy atom. The third-order valence-corrected chi connectivity index (χ3v) is 4.31. The van der Waals surface area contributed by atoms with Crippen LogP contribution < -0.4 is 0 Å². The molecule has 0 amide bonds. The summed E-state index contributed by atoms with van der Waals surface area (Å²) in [5.74, 6) is 0.750. The number of rotatable bonds is 3. The molecular weight excluding hydrogens is 370 g/mol. The van der Waals surface area contributed by atoms with Crippen LogP contribution in [0.2, 0.25) is 0 Å². The van der Waals surface area contributed by atoms with Crippen molar-refractivity contribution in [2.75, 3.05) is 0 Å². The number of aryl methyl sites for hydroxylation is 2. The molecule has 0 unspecified atom stereocenters. The molecule has 4 rings (SSSR count). The van der Waals surface area contributed by atoms with Gasteiger partial charge in [-0.25, -0.2) is 4.98 Å². The van der Waals surface area contributed by atoms with Crippen molar-refractivity contribution in [2.24, 2.45) is 0 Å². The molecule has 3 heterocycles. The number of fused-ring (bicyclic) bond motifs is 1. The van der Waals surface area contributed by atoms with Gasteiger partial charge in [-0.3, -0.25) is 4.68 Å². The number of hydrogen-bond acceptors (Lipinski definition) is 5. The van der Waals surface area contributed by atoms with E-state index in [2.05, 4.69) is 49.2 Å². The van der Waals surface area contributed by atoms with Gasteiger partial charge in [-0.05, 0) is 48.0 Å². The zero-order valence-electron chi connectivity index (χ0n) is 13.2. The van der Waals surface area contributed by atoms with Crippen LogP contribution in [0.3, 0.4) is 0 Å². The van der Waals surface area contributed by atoms with E-state index in [1.54, 1.807) is 4.68 Å². The summed E-state index contributed by atoms with van der Waals surface area (Å²) >= 11 is 3.47. The molecule has 0 atom stereocenters. The minimum atomic E-state index is 0.370. The molecule has 0 spiro atoms. The molecule has 0 aliphatic carbocycles. The maximum Gasteiger partial charge on any atom is 0.269 e. The van der Waals surface area contributed by atoms with Crippen LogP contribution in [-0.4, -0.2) is 25.0 Å². The van der Waals surface area contributed by atoms with Crippen LogP contribution >= 0.6 is 15.9 Å². The first-order valence-electron chi connectivity index (χ1n) is 7.58. The van der Waals surface area contributed by atoms with Gasteiger partial charge in [-0.1, -0.05) is 17.7 Å². The van der Waals surface area contributed by atoms with Crippen molar-refractivity contribution in [3.05, 3.63) is 46.6 Å². The first-order chi connectivity index (χ1) is 11.6. The summed E-state index contributed by atoms with van der Waals surface area (Å²) in [4.78, 5) is 4.60. The molecule has 120 valence electrons. The van der Waals surface area contributed by atoms with E-state index in [4.69, 9.17) is 4.42 Å². The van der Waals surface area contributed by atoms with Crippen LogP contribution in [0.5, 0.6) is 0 Å². The summed E-state index contributed by atoms with van der Waals surface area (Å²) < 4.78 is 8.40.